The van der Waals surface area contributed by atoms with E-state index < -0.39 is 12.1 Å². The molecule has 0 heterocycles. The smallest absolute Gasteiger partial charge is 0.317 e. The Bertz CT molecular complexity index is 884. The fourth-order valence-electron chi connectivity index (χ4n) is 4.01. The maximum absolute atomic E-state index is 12.6. The highest BCUT2D eigenvalue weighted by Crippen LogP contribution is 2.34. The number of benzene rings is 2. The average Bonchev–Trinajstić information content (AvgIpc) is 3.47. The number of hydrogen-bond acceptors (Lipinski definition) is 4. The maximum Gasteiger partial charge on any atom is 0.317 e. The first-order valence-corrected chi connectivity index (χ1v) is 10.4. The van der Waals surface area contributed by atoms with Crippen LogP contribution in [-0.2, 0) is 9.59 Å². The second kappa shape index (κ2) is 8.41. The molecule has 1 unspecified atom stereocenters. The zero-order chi connectivity index (χ0) is 20.4. The monoisotopic (exact) mass is 396 g/mol. The minimum atomic E-state index is -0.782. The van der Waals surface area contributed by atoms with E-state index in [2.05, 4.69) is 10.2 Å². The van der Waals surface area contributed by atoms with Crippen LogP contribution in [0, 0.1) is 5.92 Å². The van der Waals surface area contributed by atoms with Crippen LogP contribution >= 0.6 is 0 Å². The normalized spacial score (nSPS) is 22.1. The van der Waals surface area contributed by atoms with Crippen molar-refractivity contribution in [1.29, 1.82) is 0 Å². The molecule has 2 saturated carbocycles. The largest absolute Gasteiger partial charge is 0.480 e. The molecule has 0 aromatic heterocycles. The lowest BCUT2D eigenvalue weighted by Crippen LogP contribution is -2.56. The molecule has 2 aromatic carbocycles. The van der Waals surface area contributed by atoms with Crippen LogP contribution in [0.4, 0.5) is 0 Å². The number of rotatable bonds is 9. The van der Waals surface area contributed by atoms with E-state index in [-0.39, 0.29) is 24.5 Å². The van der Waals surface area contributed by atoms with Gasteiger partial charge in [0.2, 0.25) is 0 Å². The van der Waals surface area contributed by atoms with E-state index in [4.69, 9.17) is 9.84 Å². The highest BCUT2D eigenvalue weighted by Gasteiger charge is 2.38. The van der Waals surface area contributed by atoms with E-state index >= 15 is 0 Å². The molecule has 2 N–H and O–H groups in total. The summed E-state index contributed by atoms with van der Waals surface area (Å²) in [5.74, 6) is 0.440. The number of carboxylic acid groups (broad SMARTS) is 1. The van der Waals surface area contributed by atoms with Gasteiger partial charge in [-0.05, 0) is 50.0 Å². The number of nitrogens with one attached hydrogen (secondary N) is 1. The van der Waals surface area contributed by atoms with E-state index in [9.17, 15) is 9.59 Å². The molecule has 0 spiro atoms. The summed E-state index contributed by atoms with van der Waals surface area (Å²) in [6.07, 6.45) is 3.40. The molecule has 0 aliphatic heterocycles. The first kappa shape index (κ1) is 19.7. The summed E-state index contributed by atoms with van der Waals surface area (Å²) in [4.78, 5) is 25.8. The van der Waals surface area contributed by atoms with Gasteiger partial charge in [-0.15, -0.1) is 0 Å². The number of carbonyl (C=O) groups excluding carboxylic acids is 1. The van der Waals surface area contributed by atoms with Gasteiger partial charge >= 0.3 is 5.97 Å². The third kappa shape index (κ3) is 4.88. The standard InChI is InChI=1S/C23H28N2O4/c1-15(29-21-8-4-6-17-5-2-3-7-20(17)21)23(28)24-18-11-19(12-18)25(14-22(26)27)13-16-9-10-16/h2-8,15-16,18-19H,9-14H2,1H3,(H,24,28)(H,26,27). The average molecular weight is 396 g/mol. The van der Waals surface area contributed by atoms with Crippen LogP contribution in [-0.4, -0.2) is 53.2 Å². The minimum Gasteiger partial charge on any atom is -0.480 e. The van der Waals surface area contributed by atoms with Crippen molar-refractivity contribution in [2.24, 2.45) is 5.92 Å². The summed E-state index contributed by atoms with van der Waals surface area (Å²) in [5, 5.41) is 14.3. The van der Waals surface area contributed by atoms with Gasteiger partial charge < -0.3 is 15.2 Å². The zero-order valence-corrected chi connectivity index (χ0v) is 16.7. The summed E-state index contributed by atoms with van der Waals surface area (Å²) in [5.41, 5.74) is 0. The van der Waals surface area contributed by atoms with Gasteiger partial charge in [0.15, 0.2) is 6.10 Å². The Morgan fingerprint density at radius 2 is 1.90 bits per heavy atom. The van der Waals surface area contributed by atoms with Crippen molar-refractivity contribution in [3.05, 3.63) is 42.5 Å². The Morgan fingerprint density at radius 3 is 2.62 bits per heavy atom. The summed E-state index contributed by atoms with van der Waals surface area (Å²) in [6.45, 7) is 2.71. The van der Waals surface area contributed by atoms with E-state index in [1.54, 1.807) is 6.92 Å². The second-order valence-corrected chi connectivity index (χ2v) is 8.33. The van der Waals surface area contributed by atoms with Crippen LogP contribution in [0.15, 0.2) is 42.5 Å². The predicted octanol–water partition coefficient (Wildman–Crippen LogP) is 3.05. The van der Waals surface area contributed by atoms with Crippen LogP contribution in [0.25, 0.3) is 10.8 Å². The minimum absolute atomic E-state index is 0.0848. The topological polar surface area (TPSA) is 78.9 Å². The van der Waals surface area contributed by atoms with Gasteiger partial charge in [-0.3, -0.25) is 14.5 Å². The number of carboxylic acids is 1. The molecule has 2 fully saturated rings. The van der Waals surface area contributed by atoms with Gasteiger partial charge in [-0.1, -0.05) is 36.4 Å². The van der Waals surface area contributed by atoms with Crippen LogP contribution in [0.5, 0.6) is 5.75 Å². The van der Waals surface area contributed by atoms with Crippen LogP contribution in [0.2, 0.25) is 0 Å². The van der Waals surface area contributed by atoms with Crippen molar-refractivity contribution in [3.8, 4) is 5.75 Å². The fraction of sp³-hybridized carbons (Fsp3) is 0.478. The number of amides is 1. The van der Waals surface area contributed by atoms with E-state index in [0.717, 1.165) is 30.2 Å². The van der Waals surface area contributed by atoms with E-state index in [1.807, 2.05) is 42.5 Å². The molecule has 0 bridgehead atoms. The number of fused-ring (bicyclic) bond motifs is 1. The van der Waals surface area contributed by atoms with Crippen LogP contribution in [0.1, 0.15) is 32.6 Å². The molecule has 1 atom stereocenters. The summed E-state index contributed by atoms with van der Waals surface area (Å²) >= 11 is 0. The van der Waals surface area contributed by atoms with Gasteiger partial charge in [-0.2, -0.15) is 0 Å². The van der Waals surface area contributed by atoms with Crippen molar-refractivity contribution < 1.29 is 19.4 Å². The maximum atomic E-state index is 12.6. The lowest BCUT2D eigenvalue weighted by Gasteiger charge is -2.43. The van der Waals surface area contributed by atoms with Crippen LogP contribution in [0.3, 0.4) is 0 Å². The molecule has 154 valence electrons. The first-order chi connectivity index (χ1) is 14.0. The summed E-state index contributed by atoms with van der Waals surface area (Å²) in [7, 11) is 0. The molecular weight excluding hydrogens is 368 g/mol. The number of aliphatic carboxylic acids is 1. The molecule has 4 rings (SSSR count). The Hall–Kier alpha value is -2.60. The van der Waals surface area contributed by atoms with Gasteiger partial charge in [-0.25, -0.2) is 0 Å². The number of nitrogens with zero attached hydrogens (tertiary/aromatic N) is 1. The Labute approximate surface area is 170 Å². The second-order valence-electron chi connectivity index (χ2n) is 8.33. The Kier molecular flexibility index (Phi) is 5.72. The van der Waals surface area contributed by atoms with Crippen molar-refractivity contribution in [1.82, 2.24) is 10.2 Å². The Morgan fingerprint density at radius 1 is 1.17 bits per heavy atom. The van der Waals surface area contributed by atoms with E-state index in [0.29, 0.717) is 11.7 Å². The van der Waals surface area contributed by atoms with Gasteiger partial charge in [0.1, 0.15) is 5.75 Å². The molecule has 0 radical (unpaired) electrons. The number of carbonyl (C=O) groups is 2. The Balaban J connectivity index is 1.29. The molecule has 29 heavy (non-hydrogen) atoms. The number of ether oxygens (including phenoxy) is 1. The molecule has 1 amide bonds. The predicted molar refractivity (Wildman–Crippen MR) is 111 cm³/mol. The van der Waals surface area contributed by atoms with Gasteiger partial charge in [0.05, 0.1) is 6.54 Å². The van der Waals surface area contributed by atoms with Gasteiger partial charge in [0, 0.05) is 24.0 Å². The lowest BCUT2D eigenvalue weighted by molar-refractivity contribution is -0.140. The van der Waals surface area contributed by atoms with Crippen molar-refractivity contribution >= 4 is 22.6 Å². The van der Waals surface area contributed by atoms with Crippen molar-refractivity contribution in [2.45, 2.75) is 50.8 Å². The third-order valence-electron chi connectivity index (χ3n) is 5.93. The molecular formula is C23H28N2O4. The van der Waals surface area contributed by atoms with Gasteiger partial charge in [0.25, 0.3) is 5.91 Å². The number of hydrogen-bond donors (Lipinski definition) is 2. The molecule has 2 aliphatic carbocycles. The first-order valence-electron chi connectivity index (χ1n) is 10.4. The fourth-order valence-corrected chi connectivity index (χ4v) is 4.01. The molecule has 2 aromatic rings. The highest BCUT2D eigenvalue weighted by molar-refractivity contribution is 5.89. The molecule has 0 saturated heterocycles. The molecule has 2 aliphatic rings. The molecule has 6 nitrogen and oxygen atoms in total. The lowest BCUT2D eigenvalue weighted by atomic mass is 9.85. The quantitative estimate of drug-likeness (QED) is 0.681. The zero-order valence-electron chi connectivity index (χ0n) is 16.7. The van der Waals surface area contributed by atoms with Crippen LogP contribution < -0.4 is 10.1 Å². The SMILES string of the molecule is CC(Oc1cccc2ccccc12)C(=O)NC1CC(N(CC(=O)O)CC2CC2)C1. The highest BCUT2D eigenvalue weighted by atomic mass is 16.5. The summed E-state index contributed by atoms with van der Waals surface area (Å²) in [6, 6.07) is 14.1. The summed E-state index contributed by atoms with van der Waals surface area (Å²) < 4.78 is 5.95. The van der Waals surface area contributed by atoms with E-state index in [1.165, 1.54) is 12.8 Å². The van der Waals surface area contributed by atoms with Crippen molar-refractivity contribution in [3.63, 3.8) is 0 Å². The third-order valence-corrected chi connectivity index (χ3v) is 5.93. The molecule has 6 heteroatoms. The van der Waals surface area contributed by atoms with Crippen molar-refractivity contribution in [2.75, 3.05) is 13.1 Å².